The first-order chi connectivity index (χ1) is 6.27. The van der Waals surface area contributed by atoms with Crippen molar-refractivity contribution in [1.82, 2.24) is 10.2 Å². The van der Waals surface area contributed by atoms with E-state index in [1.54, 1.807) is 0 Å². The van der Waals surface area contributed by atoms with Crippen LogP contribution in [0.25, 0.3) is 0 Å². The van der Waals surface area contributed by atoms with E-state index in [1.807, 2.05) is 4.90 Å². The number of carbonyl (C=O) groups excluding carboxylic acids is 1. The van der Waals surface area contributed by atoms with Gasteiger partial charge in [0.1, 0.15) is 0 Å². The lowest BCUT2D eigenvalue weighted by molar-refractivity contribution is -0.137. The van der Waals surface area contributed by atoms with Gasteiger partial charge < -0.3 is 4.90 Å². The SMILES string of the molecule is CC1CCN(C2CCCN2)C(=O)C1. The Labute approximate surface area is 79.5 Å². The maximum Gasteiger partial charge on any atom is 0.224 e. The van der Waals surface area contributed by atoms with Crippen LogP contribution < -0.4 is 5.32 Å². The van der Waals surface area contributed by atoms with Gasteiger partial charge in [-0.25, -0.2) is 0 Å². The van der Waals surface area contributed by atoms with Gasteiger partial charge in [0.05, 0.1) is 6.17 Å². The summed E-state index contributed by atoms with van der Waals surface area (Å²) in [5.74, 6) is 0.934. The van der Waals surface area contributed by atoms with Crippen LogP contribution in [0.5, 0.6) is 0 Å². The van der Waals surface area contributed by atoms with Crippen LogP contribution in [0, 0.1) is 5.92 Å². The summed E-state index contributed by atoms with van der Waals surface area (Å²) in [7, 11) is 0. The molecule has 1 N–H and O–H groups in total. The van der Waals surface area contributed by atoms with E-state index in [2.05, 4.69) is 12.2 Å². The number of amides is 1. The van der Waals surface area contributed by atoms with Crippen molar-refractivity contribution in [1.29, 1.82) is 0 Å². The molecule has 0 aromatic rings. The molecule has 0 aromatic heterocycles. The van der Waals surface area contributed by atoms with Gasteiger partial charge in [0.15, 0.2) is 0 Å². The third-order valence-electron chi connectivity index (χ3n) is 3.12. The normalized spacial score (nSPS) is 35.5. The van der Waals surface area contributed by atoms with Crippen LogP contribution in [0.3, 0.4) is 0 Å². The molecule has 74 valence electrons. The molecule has 0 radical (unpaired) electrons. The predicted molar refractivity (Wildman–Crippen MR) is 51.1 cm³/mol. The van der Waals surface area contributed by atoms with Crippen LogP contribution in [-0.4, -0.2) is 30.1 Å². The maximum absolute atomic E-state index is 11.7. The van der Waals surface area contributed by atoms with Crippen molar-refractivity contribution in [2.45, 2.75) is 38.8 Å². The van der Waals surface area contributed by atoms with Gasteiger partial charge in [-0.1, -0.05) is 6.92 Å². The topological polar surface area (TPSA) is 32.3 Å². The summed E-state index contributed by atoms with van der Waals surface area (Å²) in [4.78, 5) is 13.7. The fourth-order valence-electron chi connectivity index (χ4n) is 2.26. The first kappa shape index (κ1) is 9.00. The quantitative estimate of drug-likeness (QED) is 0.655. The van der Waals surface area contributed by atoms with Crippen LogP contribution in [0.4, 0.5) is 0 Å². The Morgan fingerprint density at radius 1 is 1.46 bits per heavy atom. The average Bonchev–Trinajstić information content (AvgIpc) is 2.56. The minimum atomic E-state index is 0.346. The van der Waals surface area contributed by atoms with Gasteiger partial charge in [-0.2, -0.15) is 0 Å². The van der Waals surface area contributed by atoms with E-state index in [0.29, 0.717) is 18.0 Å². The van der Waals surface area contributed by atoms with Crippen LogP contribution in [0.1, 0.15) is 32.6 Å². The number of hydrogen-bond acceptors (Lipinski definition) is 2. The van der Waals surface area contributed by atoms with Crippen molar-refractivity contribution < 1.29 is 4.79 Å². The maximum atomic E-state index is 11.7. The van der Waals surface area contributed by atoms with Gasteiger partial charge in [0.25, 0.3) is 0 Å². The average molecular weight is 182 g/mol. The molecule has 13 heavy (non-hydrogen) atoms. The highest BCUT2D eigenvalue weighted by atomic mass is 16.2. The minimum absolute atomic E-state index is 0.346. The van der Waals surface area contributed by atoms with Gasteiger partial charge >= 0.3 is 0 Å². The zero-order valence-electron chi connectivity index (χ0n) is 8.25. The van der Waals surface area contributed by atoms with Crippen molar-refractivity contribution >= 4 is 5.91 Å². The second-order valence-electron chi connectivity index (χ2n) is 4.30. The van der Waals surface area contributed by atoms with Crippen molar-refractivity contribution in [3.63, 3.8) is 0 Å². The van der Waals surface area contributed by atoms with E-state index in [1.165, 1.54) is 12.8 Å². The van der Waals surface area contributed by atoms with Gasteiger partial charge in [-0.15, -0.1) is 0 Å². The third-order valence-corrected chi connectivity index (χ3v) is 3.12. The Bertz CT molecular complexity index is 199. The summed E-state index contributed by atoms with van der Waals surface area (Å²) in [6, 6.07) is 0. The van der Waals surface area contributed by atoms with E-state index in [9.17, 15) is 4.79 Å². The largest absolute Gasteiger partial charge is 0.327 e. The molecule has 2 aliphatic rings. The standard InChI is InChI=1S/C10H18N2O/c1-8-4-6-12(10(13)7-8)9-3-2-5-11-9/h8-9,11H,2-7H2,1H3. The first-order valence-electron chi connectivity index (χ1n) is 5.30. The number of carbonyl (C=O) groups is 1. The Morgan fingerprint density at radius 2 is 2.31 bits per heavy atom. The Morgan fingerprint density at radius 3 is 2.92 bits per heavy atom. The molecule has 2 fully saturated rings. The van der Waals surface area contributed by atoms with Crippen molar-refractivity contribution in [3.05, 3.63) is 0 Å². The lowest BCUT2D eigenvalue weighted by Crippen LogP contribution is -2.49. The van der Waals surface area contributed by atoms with E-state index < -0.39 is 0 Å². The number of nitrogens with zero attached hydrogens (tertiary/aromatic N) is 1. The Hall–Kier alpha value is -0.570. The van der Waals surface area contributed by atoms with Crippen LogP contribution in [0.15, 0.2) is 0 Å². The van der Waals surface area contributed by atoms with Gasteiger partial charge in [0.2, 0.25) is 5.91 Å². The van der Waals surface area contributed by atoms with E-state index in [0.717, 1.165) is 25.9 Å². The van der Waals surface area contributed by atoms with Crippen LogP contribution in [-0.2, 0) is 4.79 Å². The van der Waals surface area contributed by atoms with E-state index in [-0.39, 0.29) is 0 Å². The number of nitrogens with one attached hydrogen (secondary N) is 1. The summed E-state index contributed by atoms with van der Waals surface area (Å²) in [6.45, 7) is 4.19. The fraction of sp³-hybridized carbons (Fsp3) is 0.900. The van der Waals surface area contributed by atoms with E-state index in [4.69, 9.17) is 0 Å². The molecule has 0 spiro atoms. The minimum Gasteiger partial charge on any atom is -0.327 e. The van der Waals surface area contributed by atoms with Gasteiger partial charge in [-0.3, -0.25) is 10.1 Å². The fourth-order valence-corrected chi connectivity index (χ4v) is 2.26. The second-order valence-corrected chi connectivity index (χ2v) is 4.30. The zero-order chi connectivity index (χ0) is 9.26. The van der Waals surface area contributed by atoms with Crippen molar-refractivity contribution in [2.24, 2.45) is 5.92 Å². The second kappa shape index (κ2) is 3.66. The monoisotopic (exact) mass is 182 g/mol. The van der Waals surface area contributed by atoms with Gasteiger partial charge in [0, 0.05) is 13.0 Å². The number of likely N-dealkylation sites (tertiary alicyclic amines) is 1. The summed E-state index contributed by atoms with van der Waals surface area (Å²) in [6.07, 6.45) is 4.62. The first-order valence-corrected chi connectivity index (χ1v) is 5.30. The molecular formula is C10H18N2O. The highest BCUT2D eigenvalue weighted by Crippen LogP contribution is 2.21. The zero-order valence-corrected chi connectivity index (χ0v) is 8.25. The molecule has 1 amide bonds. The molecule has 0 saturated carbocycles. The van der Waals surface area contributed by atoms with Crippen molar-refractivity contribution in [3.8, 4) is 0 Å². The molecule has 2 saturated heterocycles. The van der Waals surface area contributed by atoms with Crippen LogP contribution >= 0.6 is 0 Å². The molecule has 2 atom stereocenters. The molecule has 0 aliphatic carbocycles. The molecule has 2 aliphatic heterocycles. The predicted octanol–water partition coefficient (Wildman–Crippen LogP) is 0.954. The summed E-state index contributed by atoms with van der Waals surface area (Å²) >= 11 is 0. The molecule has 2 rings (SSSR count). The highest BCUT2D eigenvalue weighted by molar-refractivity contribution is 5.77. The molecular weight excluding hydrogens is 164 g/mol. The lowest BCUT2D eigenvalue weighted by Gasteiger charge is -2.34. The van der Waals surface area contributed by atoms with Gasteiger partial charge in [-0.05, 0) is 31.7 Å². The number of piperidine rings is 1. The highest BCUT2D eigenvalue weighted by Gasteiger charge is 2.30. The molecule has 2 heterocycles. The third kappa shape index (κ3) is 1.85. The summed E-state index contributed by atoms with van der Waals surface area (Å²) < 4.78 is 0. The molecule has 0 bridgehead atoms. The smallest absolute Gasteiger partial charge is 0.224 e. The molecule has 0 aromatic carbocycles. The van der Waals surface area contributed by atoms with E-state index >= 15 is 0 Å². The number of rotatable bonds is 1. The summed E-state index contributed by atoms with van der Waals surface area (Å²) in [5.41, 5.74) is 0. The molecule has 3 nitrogen and oxygen atoms in total. The number of hydrogen-bond donors (Lipinski definition) is 1. The Balaban J connectivity index is 1.95. The van der Waals surface area contributed by atoms with Crippen LogP contribution in [0.2, 0.25) is 0 Å². The molecule has 2 unspecified atom stereocenters. The molecule has 3 heteroatoms. The Kier molecular flexibility index (Phi) is 2.54. The lowest BCUT2D eigenvalue weighted by atomic mass is 9.98. The summed E-state index contributed by atoms with van der Waals surface area (Å²) in [5, 5.41) is 3.38. The van der Waals surface area contributed by atoms with Crippen molar-refractivity contribution in [2.75, 3.05) is 13.1 Å².